The van der Waals surface area contributed by atoms with E-state index in [-0.39, 0.29) is 12.4 Å². The van der Waals surface area contributed by atoms with Crippen molar-refractivity contribution in [2.45, 2.75) is 25.8 Å². The summed E-state index contributed by atoms with van der Waals surface area (Å²) in [6, 6.07) is 1.79. The molecule has 0 radical (unpaired) electrons. The van der Waals surface area contributed by atoms with Crippen molar-refractivity contribution in [3.63, 3.8) is 0 Å². The highest BCUT2D eigenvalue weighted by Crippen LogP contribution is 2.14. The molecule has 0 bridgehead atoms. The molecular formula is C13H21NO4. The number of furan rings is 1. The predicted molar refractivity (Wildman–Crippen MR) is 67.3 cm³/mol. The lowest BCUT2D eigenvalue weighted by Gasteiger charge is -2.15. The summed E-state index contributed by atoms with van der Waals surface area (Å²) in [7, 11) is 3.33. The number of aliphatic hydroxyl groups is 1. The standard InChI is InChI=1S/C13H21NO4/c1-14(7-4-3-5-8-15)10-11-6-9-18-12(11)13(16)17-2/h6,9,15H,3-5,7-8,10H2,1-2H3. The molecule has 0 aliphatic heterocycles. The molecule has 0 atom stereocenters. The van der Waals surface area contributed by atoms with E-state index in [2.05, 4.69) is 9.64 Å². The Hall–Kier alpha value is -1.33. The molecule has 0 aromatic carbocycles. The van der Waals surface area contributed by atoms with Crippen molar-refractivity contribution in [2.75, 3.05) is 27.3 Å². The van der Waals surface area contributed by atoms with Crippen LogP contribution in [0.5, 0.6) is 0 Å². The van der Waals surface area contributed by atoms with Crippen LogP contribution in [0.25, 0.3) is 0 Å². The average Bonchev–Trinajstić information content (AvgIpc) is 2.82. The van der Waals surface area contributed by atoms with Crippen molar-refractivity contribution in [3.8, 4) is 0 Å². The Morgan fingerprint density at radius 1 is 1.44 bits per heavy atom. The maximum absolute atomic E-state index is 11.4. The van der Waals surface area contributed by atoms with Crippen LogP contribution in [0.3, 0.4) is 0 Å². The van der Waals surface area contributed by atoms with Crippen molar-refractivity contribution in [3.05, 3.63) is 23.7 Å². The Kier molecular flexibility index (Phi) is 6.46. The molecular weight excluding hydrogens is 234 g/mol. The van der Waals surface area contributed by atoms with Crippen LogP contribution in [0.4, 0.5) is 0 Å². The Bertz CT molecular complexity index is 362. The van der Waals surface area contributed by atoms with Gasteiger partial charge in [0.05, 0.1) is 13.4 Å². The Morgan fingerprint density at radius 2 is 2.22 bits per heavy atom. The van der Waals surface area contributed by atoms with Gasteiger partial charge >= 0.3 is 5.97 Å². The van der Waals surface area contributed by atoms with Gasteiger partial charge in [-0.1, -0.05) is 0 Å². The molecule has 5 heteroatoms. The van der Waals surface area contributed by atoms with E-state index in [1.807, 2.05) is 7.05 Å². The third-order valence-corrected chi connectivity index (χ3v) is 2.76. The lowest BCUT2D eigenvalue weighted by molar-refractivity contribution is 0.0562. The smallest absolute Gasteiger partial charge is 0.374 e. The predicted octanol–water partition coefficient (Wildman–Crippen LogP) is 1.66. The van der Waals surface area contributed by atoms with Gasteiger partial charge in [0.1, 0.15) is 0 Å². The van der Waals surface area contributed by atoms with Gasteiger partial charge in [-0.15, -0.1) is 0 Å². The number of hydrogen-bond acceptors (Lipinski definition) is 5. The zero-order valence-electron chi connectivity index (χ0n) is 11.0. The first kappa shape index (κ1) is 14.7. The minimum absolute atomic E-state index is 0.248. The molecule has 0 fully saturated rings. The number of unbranched alkanes of at least 4 members (excludes halogenated alkanes) is 2. The number of methoxy groups -OCH3 is 1. The molecule has 0 amide bonds. The summed E-state index contributed by atoms with van der Waals surface area (Å²) in [6.45, 7) is 1.82. The number of nitrogens with zero attached hydrogens (tertiary/aromatic N) is 1. The van der Waals surface area contributed by atoms with E-state index >= 15 is 0 Å². The van der Waals surface area contributed by atoms with Crippen molar-refractivity contribution < 1.29 is 19.1 Å². The van der Waals surface area contributed by atoms with Crippen LogP contribution in [0.2, 0.25) is 0 Å². The Morgan fingerprint density at radius 3 is 2.89 bits per heavy atom. The third kappa shape index (κ3) is 4.50. The monoisotopic (exact) mass is 255 g/mol. The van der Waals surface area contributed by atoms with Gasteiger partial charge in [0.2, 0.25) is 5.76 Å². The minimum atomic E-state index is -0.441. The Balaban J connectivity index is 2.42. The fraction of sp³-hybridized carbons (Fsp3) is 0.615. The molecule has 1 aromatic heterocycles. The fourth-order valence-corrected chi connectivity index (χ4v) is 1.77. The molecule has 102 valence electrons. The van der Waals surface area contributed by atoms with E-state index in [1.165, 1.54) is 13.4 Å². The van der Waals surface area contributed by atoms with Crippen molar-refractivity contribution in [2.24, 2.45) is 0 Å². The molecule has 0 spiro atoms. The van der Waals surface area contributed by atoms with E-state index in [0.29, 0.717) is 6.54 Å². The van der Waals surface area contributed by atoms with Crippen LogP contribution < -0.4 is 0 Å². The van der Waals surface area contributed by atoms with E-state index < -0.39 is 5.97 Å². The molecule has 0 aliphatic carbocycles. The van der Waals surface area contributed by atoms with Crippen molar-refractivity contribution >= 4 is 5.97 Å². The summed E-state index contributed by atoms with van der Waals surface area (Å²) in [4.78, 5) is 13.5. The largest absolute Gasteiger partial charge is 0.463 e. The molecule has 0 unspecified atom stereocenters. The van der Waals surface area contributed by atoms with Crippen LogP contribution in [-0.4, -0.2) is 43.3 Å². The highest BCUT2D eigenvalue weighted by Gasteiger charge is 2.16. The summed E-state index contributed by atoms with van der Waals surface area (Å²) in [5.74, 6) is -0.164. The van der Waals surface area contributed by atoms with Crippen LogP contribution in [0, 0.1) is 0 Å². The summed E-state index contributed by atoms with van der Waals surface area (Å²) in [6.07, 6.45) is 4.38. The molecule has 0 saturated heterocycles. The number of hydrogen-bond donors (Lipinski definition) is 1. The second-order valence-corrected chi connectivity index (χ2v) is 4.29. The second kappa shape index (κ2) is 7.89. The first-order chi connectivity index (χ1) is 8.69. The van der Waals surface area contributed by atoms with Crippen LogP contribution in [0.15, 0.2) is 16.7 Å². The summed E-state index contributed by atoms with van der Waals surface area (Å²) >= 11 is 0. The number of ether oxygens (including phenoxy) is 1. The van der Waals surface area contributed by atoms with E-state index in [4.69, 9.17) is 9.52 Å². The molecule has 5 nitrogen and oxygen atoms in total. The Labute approximate surface area is 107 Å². The van der Waals surface area contributed by atoms with Gasteiger partial charge in [-0.05, 0) is 38.9 Å². The van der Waals surface area contributed by atoms with E-state index in [1.54, 1.807) is 6.07 Å². The van der Waals surface area contributed by atoms with Gasteiger partial charge in [-0.2, -0.15) is 0 Å². The normalized spacial score (nSPS) is 10.9. The third-order valence-electron chi connectivity index (χ3n) is 2.76. The van der Waals surface area contributed by atoms with Gasteiger partial charge in [0.25, 0.3) is 0 Å². The lowest BCUT2D eigenvalue weighted by Crippen LogP contribution is -2.20. The highest BCUT2D eigenvalue weighted by molar-refractivity contribution is 5.87. The fourth-order valence-electron chi connectivity index (χ4n) is 1.77. The first-order valence-corrected chi connectivity index (χ1v) is 6.13. The molecule has 1 heterocycles. The number of rotatable bonds is 8. The topological polar surface area (TPSA) is 62.9 Å². The zero-order chi connectivity index (χ0) is 13.4. The first-order valence-electron chi connectivity index (χ1n) is 6.13. The zero-order valence-corrected chi connectivity index (χ0v) is 11.0. The van der Waals surface area contributed by atoms with Crippen LogP contribution in [0.1, 0.15) is 35.4 Å². The molecule has 1 N–H and O–H groups in total. The number of aliphatic hydroxyl groups excluding tert-OH is 1. The van der Waals surface area contributed by atoms with Crippen LogP contribution in [-0.2, 0) is 11.3 Å². The second-order valence-electron chi connectivity index (χ2n) is 4.29. The van der Waals surface area contributed by atoms with Gasteiger partial charge in [-0.25, -0.2) is 4.79 Å². The van der Waals surface area contributed by atoms with Crippen molar-refractivity contribution in [1.82, 2.24) is 4.90 Å². The van der Waals surface area contributed by atoms with Gasteiger partial charge in [0, 0.05) is 18.7 Å². The van der Waals surface area contributed by atoms with Gasteiger partial charge in [-0.3, -0.25) is 0 Å². The minimum Gasteiger partial charge on any atom is -0.463 e. The molecule has 0 aliphatic rings. The van der Waals surface area contributed by atoms with Gasteiger partial charge in [0.15, 0.2) is 0 Å². The molecule has 18 heavy (non-hydrogen) atoms. The number of esters is 1. The number of carbonyl (C=O) groups is 1. The number of carbonyl (C=O) groups excluding carboxylic acids is 1. The summed E-state index contributed by atoms with van der Waals surface area (Å²) in [5.41, 5.74) is 0.839. The quantitative estimate of drug-likeness (QED) is 0.565. The van der Waals surface area contributed by atoms with E-state index in [0.717, 1.165) is 31.4 Å². The lowest BCUT2D eigenvalue weighted by atomic mass is 10.2. The average molecular weight is 255 g/mol. The highest BCUT2D eigenvalue weighted by atomic mass is 16.5. The summed E-state index contributed by atoms with van der Waals surface area (Å²) in [5, 5.41) is 8.69. The maximum atomic E-state index is 11.4. The van der Waals surface area contributed by atoms with Crippen LogP contribution >= 0.6 is 0 Å². The maximum Gasteiger partial charge on any atom is 0.374 e. The van der Waals surface area contributed by atoms with Crippen molar-refractivity contribution in [1.29, 1.82) is 0 Å². The summed E-state index contributed by atoms with van der Waals surface area (Å²) < 4.78 is 9.78. The molecule has 0 saturated carbocycles. The SMILES string of the molecule is COC(=O)c1occc1CN(C)CCCCCO. The molecule has 1 rings (SSSR count). The van der Waals surface area contributed by atoms with E-state index in [9.17, 15) is 4.79 Å². The molecule has 1 aromatic rings. The van der Waals surface area contributed by atoms with Gasteiger partial charge < -0.3 is 19.2 Å².